The molecule has 1 aromatic rings. The summed E-state index contributed by atoms with van der Waals surface area (Å²) >= 11 is 5.61. The van der Waals surface area contributed by atoms with Crippen molar-refractivity contribution in [1.29, 1.82) is 0 Å². The van der Waals surface area contributed by atoms with Crippen LogP contribution in [0.15, 0.2) is 12.1 Å². The molecule has 1 rings (SSSR count). The number of aromatic nitrogens is 1. The maximum Gasteiger partial charge on any atom is 0.233 e. The predicted molar refractivity (Wildman–Crippen MR) is 71.0 cm³/mol. The molecule has 0 saturated carbocycles. The van der Waals surface area contributed by atoms with Crippen molar-refractivity contribution < 1.29 is 8.42 Å². The van der Waals surface area contributed by atoms with Crippen LogP contribution in [-0.2, 0) is 10.0 Å². The van der Waals surface area contributed by atoms with Crippen molar-refractivity contribution >= 4 is 27.3 Å². The average molecular weight is 277 g/mol. The van der Waals surface area contributed by atoms with Gasteiger partial charge in [0, 0.05) is 11.6 Å². The molecule has 0 aliphatic heterocycles. The predicted octanol–water partition coefficient (Wildman–Crippen LogP) is 2.32. The smallest absolute Gasteiger partial charge is 0.233 e. The van der Waals surface area contributed by atoms with Crippen molar-refractivity contribution in [2.45, 2.75) is 20.8 Å². The van der Waals surface area contributed by atoms with Gasteiger partial charge in [0.2, 0.25) is 10.0 Å². The molecule has 0 saturated heterocycles. The molecule has 17 heavy (non-hydrogen) atoms. The number of anilines is 1. The average Bonchev–Trinajstić information content (AvgIpc) is 2.21. The Kier molecular flexibility index (Phi) is 4.77. The third-order valence-corrected chi connectivity index (χ3v) is 4.32. The van der Waals surface area contributed by atoms with E-state index in [0.29, 0.717) is 17.3 Å². The van der Waals surface area contributed by atoms with Crippen LogP contribution in [0.1, 0.15) is 18.3 Å². The maximum absolute atomic E-state index is 11.8. The van der Waals surface area contributed by atoms with Crippen molar-refractivity contribution in [1.82, 2.24) is 4.98 Å². The molecule has 6 heteroatoms. The second-order valence-electron chi connectivity index (χ2n) is 4.23. The van der Waals surface area contributed by atoms with Crippen LogP contribution in [0, 0.1) is 19.8 Å². The van der Waals surface area contributed by atoms with Gasteiger partial charge in [0.15, 0.2) is 0 Å². The van der Waals surface area contributed by atoms with Crippen molar-refractivity contribution in [3.8, 4) is 0 Å². The van der Waals surface area contributed by atoms with Gasteiger partial charge in [0.25, 0.3) is 0 Å². The van der Waals surface area contributed by atoms with E-state index in [1.807, 2.05) is 6.92 Å². The number of sulfonamides is 1. The van der Waals surface area contributed by atoms with Crippen molar-refractivity contribution in [3.63, 3.8) is 0 Å². The lowest BCUT2D eigenvalue weighted by molar-refractivity contribution is 0.588. The Morgan fingerprint density at radius 1 is 1.41 bits per heavy atom. The standard InChI is InChI=1S/C11H17ClN2O2S/c1-8(6-12)7-17(15,16)14-11-5-4-9(2)13-10(11)3/h4-5,8,14H,6-7H2,1-3H3. The van der Waals surface area contributed by atoms with Crippen LogP contribution in [0.3, 0.4) is 0 Å². The van der Waals surface area contributed by atoms with Gasteiger partial charge in [-0.15, -0.1) is 11.6 Å². The first-order valence-corrected chi connectivity index (χ1v) is 7.53. The van der Waals surface area contributed by atoms with Crippen LogP contribution in [0.2, 0.25) is 0 Å². The number of nitrogens with one attached hydrogen (secondary N) is 1. The Morgan fingerprint density at radius 3 is 2.59 bits per heavy atom. The summed E-state index contributed by atoms with van der Waals surface area (Å²) in [6.07, 6.45) is 0. The topological polar surface area (TPSA) is 59.1 Å². The lowest BCUT2D eigenvalue weighted by atomic mass is 10.3. The first-order valence-electron chi connectivity index (χ1n) is 5.35. The molecule has 0 spiro atoms. The van der Waals surface area contributed by atoms with E-state index < -0.39 is 10.0 Å². The summed E-state index contributed by atoms with van der Waals surface area (Å²) in [5.41, 5.74) is 2.06. The minimum absolute atomic E-state index is 0.0177. The largest absolute Gasteiger partial charge is 0.282 e. The van der Waals surface area contributed by atoms with Crippen LogP contribution in [0.5, 0.6) is 0 Å². The SMILES string of the molecule is Cc1ccc(NS(=O)(=O)CC(C)CCl)c(C)n1. The second kappa shape index (κ2) is 5.69. The summed E-state index contributed by atoms with van der Waals surface area (Å²) in [6.45, 7) is 5.43. The molecule has 0 bridgehead atoms. The zero-order valence-electron chi connectivity index (χ0n) is 10.2. The molecule has 0 aromatic carbocycles. The second-order valence-corrected chi connectivity index (χ2v) is 6.30. The molecule has 0 fully saturated rings. The molecule has 1 aromatic heterocycles. The van der Waals surface area contributed by atoms with Crippen molar-refractivity contribution in [2.75, 3.05) is 16.4 Å². The number of alkyl halides is 1. The van der Waals surface area contributed by atoms with E-state index in [-0.39, 0.29) is 11.7 Å². The molecule has 1 N–H and O–H groups in total. The highest BCUT2D eigenvalue weighted by molar-refractivity contribution is 7.92. The zero-order valence-corrected chi connectivity index (χ0v) is 11.8. The van der Waals surface area contributed by atoms with Crippen molar-refractivity contribution in [2.24, 2.45) is 5.92 Å². The quantitative estimate of drug-likeness (QED) is 0.840. The molecular formula is C11H17ClN2O2S. The minimum Gasteiger partial charge on any atom is -0.282 e. The van der Waals surface area contributed by atoms with E-state index in [9.17, 15) is 8.42 Å². The Bertz CT molecular complexity index is 488. The Balaban J connectivity index is 2.83. The fourth-order valence-corrected chi connectivity index (χ4v) is 3.16. The highest BCUT2D eigenvalue weighted by Gasteiger charge is 2.16. The van der Waals surface area contributed by atoms with Crippen LogP contribution in [-0.4, -0.2) is 25.0 Å². The summed E-state index contributed by atoms with van der Waals surface area (Å²) in [5.74, 6) is 0.267. The highest BCUT2D eigenvalue weighted by atomic mass is 35.5. The van der Waals surface area contributed by atoms with Gasteiger partial charge in [-0.25, -0.2) is 8.42 Å². The zero-order chi connectivity index (χ0) is 13.1. The molecule has 96 valence electrons. The maximum atomic E-state index is 11.8. The van der Waals surface area contributed by atoms with Crippen molar-refractivity contribution in [3.05, 3.63) is 23.5 Å². The summed E-state index contributed by atoms with van der Waals surface area (Å²) in [4.78, 5) is 4.20. The van der Waals surface area contributed by atoms with E-state index in [4.69, 9.17) is 11.6 Å². The molecule has 0 aliphatic rings. The van der Waals surface area contributed by atoms with Gasteiger partial charge < -0.3 is 0 Å². The van der Waals surface area contributed by atoms with E-state index >= 15 is 0 Å². The fourth-order valence-electron chi connectivity index (χ4n) is 1.42. The third kappa shape index (κ3) is 4.52. The molecule has 0 aliphatic carbocycles. The monoisotopic (exact) mass is 276 g/mol. The molecular weight excluding hydrogens is 260 g/mol. The minimum atomic E-state index is -3.36. The van der Waals surface area contributed by atoms with E-state index in [0.717, 1.165) is 5.69 Å². The van der Waals surface area contributed by atoms with E-state index in [1.54, 1.807) is 26.0 Å². The van der Waals surface area contributed by atoms with Crippen LogP contribution in [0.4, 0.5) is 5.69 Å². The number of hydrogen-bond donors (Lipinski definition) is 1. The first-order chi connectivity index (χ1) is 7.84. The van der Waals surface area contributed by atoms with Gasteiger partial charge in [0.05, 0.1) is 17.1 Å². The van der Waals surface area contributed by atoms with Crippen LogP contribution in [0.25, 0.3) is 0 Å². The number of pyridine rings is 1. The lowest BCUT2D eigenvalue weighted by Crippen LogP contribution is -2.22. The number of rotatable bonds is 5. The number of halogens is 1. The summed E-state index contributed by atoms with van der Waals surface area (Å²) in [7, 11) is -3.36. The van der Waals surface area contributed by atoms with Gasteiger partial charge in [-0.2, -0.15) is 0 Å². The van der Waals surface area contributed by atoms with Crippen LogP contribution < -0.4 is 4.72 Å². The Labute approximate surface area is 107 Å². The van der Waals surface area contributed by atoms with Gasteiger partial charge in [-0.3, -0.25) is 9.71 Å². The van der Waals surface area contributed by atoms with E-state index in [2.05, 4.69) is 9.71 Å². The molecule has 1 unspecified atom stereocenters. The molecule has 1 atom stereocenters. The molecule has 0 amide bonds. The molecule has 0 radical (unpaired) electrons. The van der Waals surface area contributed by atoms with Gasteiger partial charge in [-0.05, 0) is 31.9 Å². The van der Waals surface area contributed by atoms with Gasteiger partial charge in [-0.1, -0.05) is 6.92 Å². The van der Waals surface area contributed by atoms with Gasteiger partial charge >= 0.3 is 0 Å². The third-order valence-electron chi connectivity index (χ3n) is 2.26. The Morgan fingerprint density at radius 2 is 2.06 bits per heavy atom. The number of aryl methyl sites for hydroxylation is 2. The Hall–Kier alpha value is -0.810. The number of nitrogens with zero attached hydrogens (tertiary/aromatic N) is 1. The first kappa shape index (κ1) is 14.3. The number of hydrogen-bond acceptors (Lipinski definition) is 3. The summed E-state index contributed by atoms with van der Waals surface area (Å²) in [5, 5.41) is 0. The van der Waals surface area contributed by atoms with Gasteiger partial charge in [0.1, 0.15) is 0 Å². The fraction of sp³-hybridized carbons (Fsp3) is 0.545. The highest BCUT2D eigenvalue weighted by Crippen LogP contribution is 2.15. The molecule has 4 nitrogen and oxygen atoms in total. The van der Waals surface area contributed by atoms with Crippen LogP contribution >= 0.6 is 11.6 Å². The summed E-state index contributed by atoms with van der Waals surface area (Å²) in [6, 6.07) is 3.50. The summed E-state index contributed by atoms with van der Waals surface area (Å²) < 4.78 is 26.1. The lowest BCUT2D eigenvalue weighted by Gasteiger charge is -2.12. The van der Waals surface area contributed by atoms with E-state index in [1.165, 1.54) is 0 Å². The molecule has 1 heterocycles. The normalized spacial score (nSPS) is 13.4.